The first-order valence-corrected chi connectivity index (χ1v) is 11.6. The van der Waals surface area contributed by atoms with Crippen LogP contribution in [0.2, 0.25) is 5.02 Å². The highest BCUT2D eigenvalue weighted by atomic mass is 35.5. The summed E-state index contributed by atoms with van der Waals surface area (Å²) in [4.78, 5) is 45.1. The van der Waals surface area contributed by atoms with Crippen molar-refractivity contribution in [1.82, 2.24) is 14.8 Å². The lowest BCUT2D eigenvalue weighted by Crippen LogP contribution is -2.38. The molecule has 34 heavy (non-hydrogen) atoms. The summed E-state index contributed by atoms with van der Waals surface area (Å²) < 4.78 is 4.81. The molecule has 2 heterocycles. The number of likely N-dealkylation sites (N-methyl/N-ethyl adjacent to an activating group) is 1. The number of carbonyl (C=O) groups is 3. The molecule has 182 valence electrons. The lowest BCUT2D eigenvalue weighted by molar-refractivity contribution is -0.140. The van der Waals surface area contributed by atoms with E-state index in [1.165, 1.54) is 12.0 Å². The second-order valence-electron chi connectivity index (χ2n) is 8.19. The first kappa shape index (κ1) is 25.5. The molecule has 1 fully saturated rings. The minimum Gasteiger partial charge on any atom is -0.507 e. The third-order valence-corrected chi connectivity index (χ3v) is 6.55. The van der Waals surface area contributed by atoms with Gasteiger partial charge in [-0.05, 0) is 50.2 Å². The van der Waals surface area contributed by atoms with Gasteiger partial charge in [-0.1, -0.05) is 37.6 Å². The average molecular weight is 488 g/mol. The number of ketones is 1. The Hall–Kier alpha value is -3.10. The van der Waals surface area contributed by atoms with E-state index in [1.807, 2.05) is 13.8 Å². The molecular formula is C25H30ClN3O5. The molecule has 1 aromatic heterocycles. The summed E-state index contributed by atoms with van der Waals surface area (Å²) in [6.45, 7) is 9.88. The Balaban J connectivity index is 2.19. The number of ether oxygens (including phenoxy) is 1. The van der Waals surface area contributed by atoms with Crippen LogP contribution in [0.4, 0.5) is 0 Å². The smallest absolute Gasteiger partial charge is 0.354 e. The zero-order valence-electron chi connectivity index (χ0n) is 20.1. The van der Waals surface area contributed by atoms with Crippen molar-refractivity contribution in [1.29, 1.82) is 0 Å². The number of hydrogen-bond donors (Lipinski definition) is 2. The number of amides is 1. The number of methoxy groups -OCH3 is 1. The van der Waals surface area contributed by atoms with Gasteiger partial charge in [0, 0.05) is 29.4 Å². The van der Waals surface area contributed by atoms with Crippen molar-refractivity contribution in [3.63, 3.8) is 0 Å². The molecule has 0 saturated carbocycles. The molecular weight excluding hydrogens is 458 g/mol. The van der Waals surface area contributed by atoms with Gasteiger partial charge in [0.1, 0.15) is 11.5 Å². The molecule has 1 amide bonds. The van der Waals surface area contributed by atoms with Crippen molar-refractivity contribution < 1.29 is 24.2 Å². The average Bonchev–Trinajstić information content (AvgIpc) is 3.26. The van der Waals surface area contributed by atoms with E-state index in [9.17, 15) is 19.5 Å². The van der Waals surface area contributed by atoms with E-state index in [0.29, 0.717) is 40.5 Å². The molecule has 3 rings (SSSR count). The van der Waals surface area contributed by atoms with Crippen molar-refractivity contribution >= 4 is 35.0 Å². The van der Waals surface area contributed by atoms with E-state index in [2.05, 4.69) is 9.88 Å². The van der Waals surface area contributed by atoms with Crippen molar-refractivity contribution in [2.75, 3.05) is 33.3 Å². The summed E-state index contributed by atoms with van der Waals surface area (Å²) in [7, 11) is 1.26. The summed E-state index contributed by atoms with van der Waals surface area (Å²) in [6, 6.07) is 6.09. The Morgan fingerprint density at radius 1 is 1.24 bits per heavy atom. The number of nitrogens with one attached hydrogen (secondary N) is 1. The Morgan fingerprint density at radius 3 is 2.50 bits per heavy atom. The topological polar surface area (TPSA) is 103 Å². The SMILES string of the molecule is CCN(CC)CCN1C(=O)C(=O)C(=C(O)c2c(C)[nH]c(C(=O)OC)c2C)[C@@H]1c1cccc(Cl)c1. The van der Waals surface area contributed by atoms with Crippen LogP contribution in [0.3, 0.4) is 0 Å². The molecule has 2 aromatic rings. The molecule has 0 unspecified atom stereocenters. The number of aromatic amines is 1. The van der Waals surface area contributed by atoms with Crippen LogP contribution in [-0.2, 0) is 14.3 Å². The third kappa shape index (κ3) is 4.60. The van der Waals surface area contributed by atoms with Crippen LogP contribution in [0.15, 0.2) is 29.8 Å². The van der Waals surface area contributed by atoms with Gasteiger partial charge in [0.05, 0.1) is 18.7 Å². The number of nitrogens with zero attached hydrogens (tertiary/aromatic N) is 2. The number of carbonyl (C=O) groups excluding carboxylic acids is 3. The minimum absolute atomic E-state index is 0.0339. The number of aliphatic hydroxyl groups is 1. The summed E-state index contributed by atoms with van der Waals surface area (Å²) >= 11 is 6.23. The molecule has 9 heteroatoms. The number of rotatable bonds is 8. The Kier molecular flexibility index (Phi) is 7.84. The van der Waals surface area contributed by atoms with Gasteiger partial charge < -0.3 is 24.6 Å². The normalized spacial score (nSPS) is 17.6. The second kappa shape index (κ2) is 10.4. The summed E-state index contributed by atoms with van der Waals surface area (Å²) in [6.07, 6.45) is 0. The van der Waals surface area contributed by atoms with Crippen LogP contribution in [0.1, 0.15) is 52.8 Å². The minimum atomic E-state index is -0.815. The molecule has 0 spiro atoms. The Labute approximate surface area is 204 Å². The van der Waals surface area contributed by atoms with Gasteiger partial charge in [-0.25, -0.2) is 4.79 Å². The number of aromatic nitrogens is 1. The number of esters is 1. The number of H-pyrrole nitrogens is 1. The van der Waals surface area contributed by atoms with Gasteiger partial charge in [0.25, 0.3) is 11.7 Å². The predicted molar refractivity (Wildman–Crippen MR) is 130 cm³/mol. The highest BCUT2D eigenvalue weighted by molar-refractivity contribution is 6.46. The number of hydrogen-bond acceptors (Lipinski definition) is 6. The molecule has 1 aliphatic heterocycles. The standard InChI is InChI=1S/C25H30ClN3O5/c1-6-28(7-2)11-12-29-21(16-9-8-10-17(26)13-16)19(23(31)24(29)32)22(30)18-14(3)20(25(33)34-5)27-15(18)4/h8-10,13,21,27,30H,6-7,11-12H2,1-5H3/t21-/m0/s1. The van der Waals surface area contributed by atoms with Crippen molar-refractivity contribution in [2.24, 2.45) is 0 Å². The first-order valence-electron chi connectivity index (χ1n) is 11.2. The van der Waals surface area contributed by atoms with Crippen LogP contribution in [0.25, 0.3) is 5.76 Å². The highest BCUT2D eigenvalue weighted by Gasteiger charge is 2.46. The largest absolute Gasteiger partial charge is 0.507 e. The summed E-state index contributed by atoms with van der Waals surface area (Å²) in [5.41, 5.74) is 1.97. The predicted octanol–water partition coefficient (Wildman–Crippen LogP) is 3.84. The molecule has 8 nitrogen and oxygen atoms in total. The Bertz CT molecular complexity index is 1150. The molecule has 0 radical (unpaired) electrons. The zero-order valence-corrected chi connectivity index (χ0v) is 20.8. The lowest BCUT2D eigenvalue weighted by Gasteiger charge is -2.28. The van der Waals surface area contributed by atoms with Gasteiger partial charge in [-0.15, -0.1) is 0 Å². The monoisotopic (exact) mass is 487 g/mol. The maximum absolute atomic E-state index is 13.2. The van der Waals surface area contributed by atoms with Gasteiger partial charge in [-0.2, -0.15) is 0 Å². The number of likely N-dealkylation sites (tertiary alicyclic amines) is 1. The van der Waals surface area contributed by atoms with Crippen LogP contribution in [-0.4, -0.2) is 70.8 Å². The Morgan fingerprint density at radius 2 is 1.91 bits per heavy atom. The van der Waals surface area contributed by atoms with Crippen LogP contribution in [0, 0.1) is 13.8 Å². The first-order chi connectivity index (χ1) is 16.2. The quantitative estimate of drug-likeness (QED) is 0.254. The fourth-order valence-electron chi connectivity index (χ4n) is 4.47. The van der Waals surface area contributed by atoms with E-state index < -0.39 is 23.7 Å². The number of halogens is 1. The lowest BCUT2D eigenvalue weighted by atomic mass is 9.94. The second-order valence-corrected chi connectivity index (χ2v) is 8.63. The fourth-order valence-corrected chi connectivity index (χ4v) is 4.67. The third-order valence-electron chi connectivity index (χ3n) is 6.32. The van der Waals surface area contributed by atoms with Gasteiger partial charge in [0.2, 0.25) is 0 Å². The molecule has 0 aliphatic carbocycles. The van der Waals surface area contributed by atoms with Crippen molar-refractivity contribution in [2.45, 2.75) is 33.7 Å². The van der Waals surface area contributed by atoms with Crippen molar-refractivity contribution in [3.05, 3.63) is 62.9 Å². The summed E-state index contributed by atoms with van der Waals surface area (Å²) in [5, 5.41) is 11.8. The number of aliphatic hydroxyl groups excluding tert-OH is 1. The van der Waals surface area contributed by atoms with Crippen LogP contribution >= 0.6 is 11.6 Å². The number of Topliss-reactive ketones (excluding diaryl/α,β-unsaturated/α-hetero) is 1. The van der Waals surface area contributed by atoms with Crippen molar-refractivity contribution in [3.8, 4) is 0 Å². The maximum Gasteiger partial charge on any atom is 0.354 e. The van der Waals surface area contributed by atoms with Gasteiger partial charge >= 0.3 is 5.97 Å². The van der Waals surface area contributed by atoms with Crippen LogP contribution < -0.4 is 0 Å². The molecule has 1 saturated heterocycles. The van der Waals surface area contributed by atoms with E-state index in [0.717, 1.165) is 13.1 Å². The maximum atomic E-state index is 13.2. The molecule has 0 bridgehead atoms. The highest BCUT2D eigenvalue weighted by Crippen LogP contribution is 2.41. The molecule has 1 aliphatic rings. The van der Waals surface area contributed by atoms with E-state index in [-0.39, 0.29) is 17.0 Å². The van der Waals surface area contributed by atoms with E-state index in [1.54, 1.807) is 38.1 Å². The molecule has 1 aromatic carbocycles. The zero-order chi connectivity index (χ0) is 25.2. The van der Waals surface area contributed by atoms with E-state index >= 15 is 0 Å². The summed E-state index contributed by atoms with van der Waals surface area (Å²) in [5.74, 6) is -2.39. The van der Waals surface area contributed by atoms with E-state index in [4.69, 9.17) is 16.3 Å². The van der Waals surface area contributed by atoms with Gasteiger partial charge in [-0.3, -0.25) is 9.59 Å². The van der Waals surface area contributed by atoms with Gasteiger partial charge in [0.15, 0.2) is 0 Å². The van der Waals surface area contributed by atoms with Crippen LogP contribution in [0.5, 0.6) is 0 Å². The molecule has 2 N–H and O–H groups in total. The molecule has 1 atom stereocenters. The fraction of sp³-hybridized carbons (Fsp3) is 0.400. The number of aryl methyl sites for hydroxylation is 1. The number of benzene rings is 1.